The average Bonchev–Trinajstić information content (AvgIpc) is 3.63. The standard InChI is InChI=1S/C30H32N6O4/c1-17-3-4-25-23(11-17)34-29(40-25)19-5-8-36(9-6-19)27-21-12-20(14-31)22(33-15-18-7-10-39-16-18)13-24(21)35(2)30(38)26(27)28(32)37/h3-4,11-13,18-19,33H,5-10,15-16H2,1-2H3,(H2,32,37)/t18-/m1/s1. The molecule has 206 valence electrons. The van der Waals surface area contributed by atoms with Gasteiger partial charge in [0.1, 0.15) is 17.1 Å². The molecule has 0 saturated carbocycles. The van der Waals surface area contributed by atoms with Crippen molar-refractivity contribution in [2.45, 2.75) is 32.1 Å². The van der Waals surface area contributed by atoms with Crippen molar-refractivity contribution in [2.24, 2.45) is 18.7 Å². The number of amides is 1. The molecule has 2 aromatic carbocycles. The number of nitriles is 1. The Hall–Kier alpha value is -4.36. The molecule has 2 fully saturated rings. The number of piperidine rings is 1. The Morgan fingerprint density at radius 2 is 2.02 bits per heavy atom. The van der Waals surface area contributed by atoms with Crippen molar-refractivity contribution in [1.82, 2.24) is 9.55 Å². The summed E-state index contributed by atoms with van der Waals surface area (Å²) in [5.74, 6) is 0.407. The van der Waals surface area contributed by atoms with Crippen LogP contribution in [0.3, 0.4) is 0 Å². The number of pyridine rings is 1. The zero-order chi connectivity index (χ0) is 28.0. The number of nitrogens with zero attached hydrogens (tertiary/aromatic N) is 4. The summed E-state index contributed by atoms with van der Waals surface area (Å²) in [5.41, 5.74) is 10.2. The molecule has 0 bridgehead atoms. The third-order valence-electron chi connectivity index (χ3n) is 8.20. The van der Waals surface area contributed by atoms with Gasteiger partial charge in [-0.25, -0.2) is 4.98 Å². The molecular formula is C30H32N6O4. The smallest absolute Gasteiger partial charge is 0.265 e. The molecule has 0 radical (unpaired) electrons. The Bertz CT molecular complexity index is 1720. The maximum absolute atomic E-state index is 13.4. The highest BCUT2D eigenvalue weighted by Gasteiger charge is 2.30. The quantitative estimate of drug-likeness (QED) is 0.377. The summed E-state index contributed by atoms with van der Waals surface area (Å²) in [7, 11) is 1.63. The predicted molar refractivity (Wildman–Crippen MR) is 153 cm³/mol. The van der Waals surface area contributed by atoms with Crippen molar-refractivity contribution >= 4 is 39.3 Å². The van der Waals surface area contributed by atoms with Crippen LogP contribution in [0.1, 0.15) is 52.6 Å². The van der Waals surface area contributed by atoms with Gasteiger partial charge in [-0.3, -0.25) is 9.59 Å². The van der Waals surface area contributed by atoms with Gasteiger partial charge in [-0.15, -0.1) is 0 Å². The second-order valence-electron chi connectivity index (χ2n) is 10.9. The van der Waals surface area contributed by atoms with Crippen molar-refractivity contribution < 1.29 is 13.9 Å². The minimum Gasteiger partial charge on any atom is -0.440 e. The molecule has 10 heteroatoms. The van der Waals surface area contributed by atoms with Crippen molar-refractivity contribution in [3.8, 4) is 6.07 Å². The zero-order valence-corrected chi connectivity index (χ0v) is 22.7. The fourth-order valence-corrected chi connectivity index (χ4v) is 5.94. The summed E-state index contributed by atoms with van der Waals surface area (Å²) >= 11 is 0. The van der Waals surface area contributed by atoms with Crippen LogP contribution in [0.15, 0.2) is 39.5 Å². The number of benzene rings is 2. The molecular weight excluding hydrogens is 508 g/mol. The third-order valence-corrected chi connectivity index (χ3v) is 8.20. The maximum Gasteiger partial charge on any atom is 0.265 e. The predicted octanol–water partition coefficient (Wildman–Crippen LogP) is 3.79. The second kappa shape index (κ2) is 10.3. The second-order valence-corrected chi connectivity index (χ2v) is 10.9. The van der Waals surface area contributed by atoms with E-state index in [9.17, 15) is 14.9 Å². The zero-order valence-electron chi connectivity index (χ0n) is 22.7. The number of nitrogens with two attached hydrogens (primary N) is 1. The van der Waals surface area contributed by atoms with Crippen LogP contribution in [-0.4, -0.2) is 48.3 Å². The van der Waals surface area contributed by atoms with Gasteiger partial charge in [0.25, 0.3) is 11.5 Å². The van der Waals surface area contributed by atoms with E-state index in [0.717, 1.165) is 42.5 Å². The number of primary amides is 1. The molecule has 4 aromatic rings. The lowest BCUT2D eigenvalue weighted by Gasteiger charge is -2.34. The molecule has 2 aliphatic heterocycles. The molecule has 1 atom stereocenters. The Labute approximate surface area is 231 Å². The third kappa shape index (κ3) is 4.56. The highest BCUT2D eigenvalue weighted by molar-refractivity contribution is 6.08. The lowest BCUT2D eigenvalue weighted by atomic mass is 9.94. The average molecular weight is 541 g/mol. The van der Waals surface area contributed by atoms with Gasteiger partial charge in [-0.1, -0.05) is 6.07 Å². The Morgan fingerprint density at radius 3 is 2.73 bits per heavy atom. The molecule has 1 amide bonds. The SMILES string of the molecule is Cc1ccc2oc(C3CCN(c4c(C(N)=O)c(=O)n(C)c5cc(NC[C@H]6CCOC6)c(C#N)cc45)CC3)nc2c1. The number of anilines is 2. The van der Waals surface area contributed by atoms with Gasteiger partial charge in [0.15, 0.2) is 11.5 Å². The molecule has 2 aliphatic rings. The van der Waals surface area contributed by atoms with Crippen LogP contribution >= 0.6 is 0 Å². The van der Waals surface area contributed by atoms with Crippen molar-refractivity contribution in [2.75, 3.05) is 43.1 Å². The number of ether oxygens (including phenoxy) is 1. The molecule has 0 aliphatic carbocycles. The van der Waals surface area contributed by atoms with Gasteiger partial charge in [-0.05, 0) is 56.0 Å². The van der Waals surface area contributed by atoms with Gasteiger partial charge in [0.05, 0.1) is 29.1 Å². The number of fused-ring (bicyclic) bond motifs is 2. The molecule has 2 saturated heterocycles. The molecule has 40 heavy (non-hydrogen) atoms. The number of aromatic nitrogens is 2. The fourth-order valence-electron chi connectivity index (χ4n) is 5.94. The van der Waals surface area contributed by atoms with Crippen LogP contribution in [0, 0.1) is 24.2 Å². The summed E-state index contributed by atoms with van der Waals surface area (Å²) in [6.45, 7) is 5.28. The van der Waals surface area contributed by atoms with E-state index in [1.165, 1.54) is 4.57 Å². The number of aryl methyl sites for hydroxylation is 2. The first-order valence-electron chi connectivity index (χ1n) is 13.7. The summed E-state index contributed by atoms with van der Waals surface area (Å²) < 4.78 is 13.0. The molecule has 4 heterocycles. The molecule has 0 unspecified atom stereocenters. The van der Waals surface area contributed by atoms with Gasteiger partial charge >= 0.3 is 0 Å². The number of carbonyl (C=O) groups excluding carboxylic acids is 1. The highest BCUT2D eigenvalue weighted by atomic mass is 16.5. The summed E-state index contributed by atoms with van der Waals surface area (Å²) in [6, 6.07) is 11.8. The molecule has 0 spiro atoms. The van der Waals surface area contributed by atoms with Gasteiger partial charge < -0.3 is 29.7 Å². The van der Waals surface area contributed by atoms with Crippen LogP contribution in [0.2, 0.25) is 0 Å². The highest BCUT2D eigenvalue weighted by Crippen LogP contribution is 2.37. The van der Waals surface area contributed by atoms with E-state index in [4.69, 9.17) is 19.9 Å². The van der Waals surface area contributed by atoms with E-state index in [-0.39, 0.29) is 11.5 Å². The van der Waals surface area contributed by atoms with E-state index in [2.05, 4.69) is 11.4 Å². The van der Waals surface area contributed by atoms with Gasteiger partial charge in [0, 0.05) is 50.5 Å². The Morgan fingerprint density at radius 1 is 1.23 bits per heavy atom. The first kappa shape index (κ1) is 25.9. The first-order valence-corrected chi connectivity index (χ1v) is 13.7. The van der Waals surface area contributed by atoms with Crippen molar-refractivity contribution in [3.05, 3.63) is 63.3 Å². The number of oxazole rings is 1. The number of nitrogens with one attached hydrogen (secondary N) is 1. The van der Waals surface area contributed by atoms with Crippen molar-refractivity contribution in [3.63, 3.8) is 0 Å². The van der Waals surface area contributed by atoms with E-state index in [1.807, 2.05) is 36.1 Å². The first-order chi connectivity index (χ1) is 19.3. The van der Waals surface area contributed by atoms with Gasteiger partial charge in [-0.2, -0.15) is 5.26 Å². The van der Waals surface area contributed by atoms with Crippen LogP contribution in [0.25, 0.3) is 22.0 Å². The lowest BCUT2D eigenvalue weighted by Crippen LogP contribution is -2.38. The fraction of sp³-hybridized carbons (Fsp3) is 0.400. The normalized spacial score (nSPS) is 17.9. The molecule has 6 rings (SSSR count). The number of hydrogen-bond acceptors (Lipinski definition) is 8. The summed E-state index contributed by atoms with van der Waals surface area (Å²) in [4.78, 5) is 32.8. The van der Waals surface area contributed by atoms with Gasteiger partial charge in [0.2, 0.25) is 0 Å². The molecule has 10 nitrogen and oxygen atoms in total. The topological polar surface area (TPSA) is 139 Å². The maximum atomic E-state index is 13.4. The minimum absolute atomic E-state index is 0.0570. The Balaban J connectivity index is 1.36. The molecule has 3 N–H and O–H groups in total. The summed E-state index contributed by atoms with van der Waals surface area (Å²) in [6.07, 6.45) is 2.43. The van der Waals surface area contributed by atoms with E-state index in [1.54, 1.807) is 13.1 Å². The minimum atomic E-state index is -0.782. The van der Waals surface area contributed by atoms with Crippen molar-refractivity contribution in [1.29, 1.82) is 5.26 Å². The van der Waals surface area contributed by atoms with E-state index < -0.39 is 11.5 Å². The monoisotopic (exact) mass is 540 g/mol. The van der Waals surface area contributed by atoms with Crippen LogP contribution < -0.4 is 21.5 Å². The molecule has 2 aromatic heterocycles. The van der Waals surface area contributed by atoms with E-state index in [0.29, 0.717) is 65.9 Å². The Kier molecular flexibility index (Phi) is 6.68. The summed E-state index contributed by atoms with van der Waals surface area (Å²) in [5, 5.41) is 14.0. The number of rotatable bonds is 6. The van der Waals surface area contributed by atoms with Crippen LogP contribution in [0.5, 0.6) is 0 Å². The van der Waals surface area contributed by atoms with Crippen LogP contribution in [-0.2, 0) is 11.8 Å². The number of hydrogen-bond donors (Lipinski definition) is 2. The largest absolute Gasteiger partial charge is 0.440 e. The van der Waals surface area contributed by atoms with Crippen LogP contribution in [0.4, 0.5) is 11.4 Å². The number of carbonyl (C=O) groups is 1. The lowest BCUT2D eigenvalue weighted by molar-refractivity contribution is 0.0999. The van der Waals surface area contributed by atoms with E-state index >= 15 is 0 Å².